The molecule has 0 saturated carbocycles. The van der Waals surface area contributed by atoms with Gasteiger partial charge in [-0.1, -0.05) is 27.7 Å². The van der Waals surface area contributed by atoms with Crippen molar-refractivity contribution in [1.29, 1.82) is 0 Å². The molecule has 1 unspecified atom stereocenters. The third-order valence-corrected chi connectivity index (χ3v) is 3.04. The van der Waals surface area contributed by atoms with Gasteiger partial charge in [0.05, 0.1) is 0 Å². The Morgan fingerprint density at radius 1 is 1.31 bits per heavy atom. The van der Waals surface area contributed by atoms with Crippen LogP contribution >= 0.6 is 0 Å². The molecule has 16 heavy (non-hydrogen) atoms. The molecule has 1 heterocycles. The lowest BCUT2D eigenvalue weighted by molar-refractivity contribution is 0.314. The summed E-state index contributed by atoms with van der Waals surface area (Å²) in [4.78, 5) is 2.31. The van der Waals surface area contributed by atoms with Crippen molar-refractivity contribution in [3.63, 3.8) is 0 Å². The molecule has 0 amide bonds. The van der Waals surface area contributed by atoms with Crippen molar-refractivity contribution in [2.45, 2.75) is 46.6 Å². The summed E-state index contributed by atoms with van der Waals surface area (Å²) in [5.41, 5.74) is 6.00. The summed E-state index contributed by atoms with van der Waals surface area (Å²) in [5, 5.41) is 3.59. The van der Waals surface area contributed by atoms with E-state index in [1.807, 2.05) is 13.8 Å². The van der Waals surface area contributed by atoms with Crippen LogP contribution in [-0.2, 0) is 0 Å². The zero-order valence-corrected chi connectivity index (χ0v) is 11.8. The summed E-state index contributed by atoms with van der Waals surface area (Å²) < 4.78 is 0. The Bertz CT molecular complexity index is 169. The molecule has 0 spiro atoms. The molecule has 1 aliphatic rings. The maximum atomic E-state index is 5.50. The van der Waals surface area contributed by atoms with Crippen molar-refractivity contribution in [3.05, 3.63) is 0 Å². The summed E-state index contributed by atoms with van der Waals surface area (Å²) in [6.07, 6.45) is 2.56. The molecule has 1 atom stereocenters. The number of nitrogens with zero attached hydrogens (tertiary/aromatic N) is 1. The number of nitrogens with one attached hydrogen (secondary N) is 1. The van der Waals surface area contributed by atoms with Crippen LogP contribution in [0.2, 0.25) is 0 Å². The third-order valence-electron chi connectivity index (χ3n) is 3.04. The highest BCUT2D eigenvalue weighted by Crippen LogP contribution is 2.28. The first-order chi connectivity index (χ1) is 7.53. The zero-order valence-electron chi connectivity index (χ0n) is 11.8. The maximum Gasteiger partial charge on any atom is 0.0102 e. The molecule has 0 radical (unpaired) electrons. The van der Waals surface area contributed by atoms with E-state index in [0.717, 1.165) is 26.2 Å². The van der Waals surface area contributed by atoms with Crippen LogP contribution in [0.4, 0.5) is 0 Å². The lowest BCUT2D eigenvalue weighted by Crippen LogP contribution is -2.31. The highest BCUT2D eigenvalue weighted by molar-refractivity contribution is 4.87. The van der Waals surface area contributed by atoms with Crippen molar-refractivity contribution < 1.29 is 0 Å². The van der Waals surface area contributed by atoms with Crippen LogP contribution in [0, 0.1) is 5.41 Å². The molecular formula is C13H31N3. The molecule has 0 aliphatic carbocycles. The quantitative estimate of drug-likeness (QED) is 0.754. The first kappa shape index (κ1) is 15.9. The van der Waals surface area contributed by atoms with Crippen LogP contribution in [0.5, 0.6) is 0 Å². The number of likely N-dealkylation sites (N-methyl/N-ethyl adjacent to an activating group) is 1. The summed E-state index contributed by atoms with van der Waals surface area (Å²) in [6, 6.07) is 0.713. The van der Waals surface area contributed by atoms with E-state index in [2.05, 4.69) is 31.1 Å². The highest BCUT2D eigenvalue weighted by Gasteiger charge is 2.29. The van der Waals surface area contributed by atoms with Gasteiger partial charge in [-0.15, -0.1) is 0 Å². The van der Waals surface area contributed by atoms with E-state index in [0.29, 0.717) is 11.5 Å². The number of hydrogen-bond acceptors (Lipinski definition) is 3. The minimum Gasteiger partial charge on any atom is -0.329 e. The topological polar surface area (TPSA) is 41.3 Å². The summed E-state index contributed by atoms with van der Waals surface area (Å²) in [7, 11) is 2.15. The highest BCUT2D eigenvalue weighted by atomic mass is 15.1. The number of rotatable bonds is 5. The van der Waals surface area contributed by atoms with E-state index >= 15 is 0 Å². The van der Waals surface area contributed by atoms with Gasteiger partial charge in [0.15, 0.2) is 0 Å². The molecule has 1 rings (SSSR count). The van der Waals surface area contributed by atoms with Gasteiger partial charge in [0.1, 0.15) is 0 Å². The second kappa shape index (κ2) is 8.04. The maximum absolute atomic E-state index is 5.50. The Hall–Kier alpha value is -0.120. The molecule has 1 fully saturated rings. The fourth-order valence-electron chi connectivity index (χ4n) is 2.14. The molecule has 1 aliphatic heterocycles. The van der Waals surface area contributed by atoms with Crippen LogP contribution in [0.3, 0.4) is 0 Å². The Balaban J connectivity index is 0.00000106. The van der Waals surface area contributed by atoms with Gasteiger partial charge in [0.2, 0.25) is 0 Å². The van der Waals surface area contributed by atoms with Crippen LogP contribution < -0.4 is 11.1 Å². The standard InChI is InChI=1S/C11H25N3.C2H6/c1-11(2)8-10(13-9-11)4-6-14(3)7-5-12;1-2/h10,13H,4-9,12H2,1-3H3;1-2H3. The zero-order chi connectivity index (χ0) is 12.6. The van der Waals surface area contributed by atoms with E-state index in [1.165, 1.54) is 12.8 Å². The first-order valence-electron chi connectivity index (χ1n) is 6.65. The van der Waals surface area contributed by atoms with Crippen LogP contribution in [0.15, 0.2) is 0 Å². The van der Waals surface area contributed by atoms with Gasteiger partial charge < -0.3 is 16.0 Å². The van der Waals surface area contributed by atoms with Gasteiger partial charge in [-0.2, -0.15) is 0 Å². The molecular weight excluding hydrogens is 198 g/mol. The van der Waals surface area contributed by atoms with Crippen LogP contribution in [-0.4, -0.2) is 44.2 Å². The van der Waals surface area contributed by atoms with Gasteiger partial charge >= 0.3 is 0 Å². The van der Waals surface area contributed by atoms with Crippen molar-refractivity contribution in [2.24, 2.45) is 11.1 Å². The Morgan fingerprint density at radius 3 is 2.38 bits per heavy atom. The largest absolute Gasteiger partial charge is 0.329 e. The summed E-state index contributed by atoms with van der Waals surface area (Å²) in [5.74, 6) is 0. The minimum atomic E-state index is 0.497. The fourth-order valence-corrected chi connectivity index (χ4v) is 2.14. The van der Waals surface area contributed by atoms with E-state index < -0.39 is 0 Å². The molecule has 0 aromatic carbocycles. The summed E-state index contributed by atoms with van der Waals surface area (Å²) in [6.45, 7) is 12.8. The Morgan fingerprint density at radius 2 is 1.94 bits per heavy atom. The molecule has 3 nitrogen and oxygen atoms in total. The van der Waals surface area contributed by atoms with E-state index in [1.54, 1.807) is 0 Å². The molecule has 3 N–H and O–H groups in total. The predicted octanol–water partition coefficient (Wildman–Crippen LogP) is 1.68. The van der Waals surface area contributed by atoms with Gasteiger partial charge in [0.25, 0.3) is 0 Å². The molecule has 0 aromatic heterocycles. The lowest BCUT2D eigenvalue weighted by atomic mass is 9.90. The van der Waals surface area contributed by atoms with Crippen molar-refractivity contribution in [2.75, 3.05) is 33.2 Å². The van der Waals surface area contributed by atoms with Crippen LogP contribution in [0.25, 0.3) is 0 Å². The minimum absolute atomic E-state index is 0.497. The van der Waals surface area contributed by atoms with Crippen molar-refractivity contribution in [1.82, 2.24) is 10.2 Å². The molecule has 3 heteroatoms. The van der Waals surface area contributed by atoms with E-state index in [-0.39, 0.29) is 0 Å². The lowest BCUT2D eigenvalue weighted by Gasteiger charge is -2.19. The Labute approximate surface area is 102 Å². The second-order valence-electron chi connectivity index (χ2n) is 5.33. The summed E-state index contributed by atoms with van der Waals surface area (Å²) >= 11 is 0. The number of hydrogen-bond donors (Lipinski definition) is 2. The van der Waals surface area contributed by atoms with Crippen LogP contribution in [0.1, 0.15) is 40.5 Å². The smallest absolute Gasteiger partial charge is 0.0102 e. The fraction of sp³-hybridized carbons (Fsp3) is 1.00. The SMILES string of the molecule is CC.CN(CCN)CCC1CC(C)(C)CN1. The normalized spacial score (nSPS) is 23.1. The van der Waals surface area contributed by atoms with Gasteiger partial charge in [0, 0.05) is 25.7 Å². The van der Waals surface area contributed by atoms with Gasteiger partial charge in [-0.3, -0.25) is 0 Å². The van der Waals surface area contributed by atoms with Crippen molar-refractivity contribution >= 4 is 0 Å². The third kappa shape index (κ3) is 6.46. The van der Waals surface area contributed by atoms with Crippen molar-refractivity contribution in [3.8, 4) is 0 Å². The average molecular weight is 229 g/mol. The van der Waals surface area contributed by atoms with E-state index in [9.17, 15) is 0 Å². The monoisotopic (exact) mass is 229 g/mol. The molecule has 98 valence electrons. The first-order valence-corrected chi connectivity index (χ1v) is 6.65. The van der Waals surface area contributed by atoms with Gasteiger partial charge in [-0.25, -0.2) is 0 Å². The second-order valence-corrected chi connectivity index (χ2v) is 5.33. The number of nitrogens with two attached hydrogens (primary N) is 1. The molecule has 1 saturated heterocycles. The Kier molecular flexibility index (Phi) is 7.98. The predicted molar refractivity (Wildman–Crippen MR) is 72.7 cm³/mol. The van der Waals surface area contributed by atoms with Gasteiger partial charge in [-0.05, 0) is 31.8 Å². The van der Waals surface area contributed by atoms with E-state index in [4.69, 9.17) is 5.73 Å². The average Bonchev–Trinajstić information content (AvgIpc) is 2.59. The molecule has 0 bridgehead atoms. The molecule has 0 aromatic rings.